The number of carbonyl (C=O) groups excluding carboxylic acids is 1. The van der Waals surface area contributed by atoms with Gasteiger partial charge in [-0.1, -0.05) is 18.2 Å². The second-order valence-corrected chi connectivity index (χ2v) is 10.5. The van der Waals surface area contributed by atoms with Crippen molar-refractivity contribution in [1.82, 2.24) is 19.9 Å². The summed E-state index contributed by atoms with van der Waals surface area (Å²) in [5.41, 5.74) is 4.07. The van der Waals surface area contributed by atoms with Gasteiger partial charge in [-0.15, -0.1) is 11.3 Å². The molecule has 1 N–H and O–H groups in total. The van der Waals surface area contributed by atoms with Gasteiger partial charge in [0.2, 0.25) is 0 Å². The fourth-order valence-electron chi connectivity index (χ4n) is 4.82. The van der Waals surface area contributed by atoms with E-state index in [1.165, 1.54) is 17.0 Å². The van der Waals surface area contributed by atoms with Crippen LogP contribution in [0.5, 0.6) is 0 Å². The van der Waals surface area contributed by atoms with Gasteiger partial charge in [0.15, 0.2) is 0 Å². The molecular weight excluding hydrogens is 526 g/mol. The van der Waals surface area contributed by atoms with Gasteiger partial charge in [-0.3, -0.25) is 15.1 Å². The van der Waals surface area contributed by atoms with Crippen LogP contribution in [0.1, 0.15) is 40.6 Å². The first-order chi connectivity index (χ1) is 19.4. The Morgan fingerprint density at radius 2 is 2.02 bits per heavy atom. The van der Waals surface area contributed by atoms with E-state index >= 15 is 0 Å². The molecule has 40 heavy (non-hydrogen) atoms. The second kappa shape index (κ2) is 11.9. The highest BCUT2D eigenvalue weighted by molar-refractivity contribution is 7.12. The predicted octanol–water partition coefficient (Wildman–Crippen LogP) is 5.94. The lowest BCUT2D eigenvalue weighted by Gasteiger charge is -2.31. The molecule has 1 aliphatic rings. The zero-order valence-electron chi connectivity index (χ0n) is 22.0. The van der Waals surface area contributed by atoms with E-state index < -0.39 is 16.8 Å². The zero-order valence-corrected chi connectivity index (χ0v) is 22.8. The molecule has 0 spiro atoms. The van der Waals surface area contributed by atoms with E-state index in [1.54, 1.807) is 48.4 Å². The van der Waals surface area contributed by atoms with Crippen molar-refractivity contribution in [3.63, 3.8) is 0 Å². The topological polar surface area (TPSA) is 112 Å². The molecule has 9 nitrogen and oxygen atoms in total. The van der Waals surface area contributed by atoms with Crippen molar-refractivity contribution in [2.24, 2.45) is 0 Å². The number of hydrogen-bond acceptors (Lipinski definition) is 8. The summed E-state index contributed by atoms with van der Waals surface area (Å²) in [6.07, 6.45) is 12.6. The minimum absolute atomic E-state index is 0.0455. The largest absolute Gasteiger partial charge is 0.458 e. The molecular formula is C30H27N5O4S. The number of rotatable bonds is 9. The minimum atomic E-state index is -0.579. The second-order valence-electron chi connectivity index (χ2n) is 9.27. The summed E-state index contributed by atoms with van der Waals surface area (Å²) in [6, 6.07) is 14.2. The van der Waals surface area contributed by atoms with E-state index in [-0.39, 0.29) is 12.3 Å². The van der Waals surface area contributed by atoms with Gasteiger partial charge in [0, 0.05) is 64.0 Å². The molecule has 1 aromatic carbocycles. The van der Waals surface area contributed by atoms with Gasteiger partial charge in [-0.25, -0.2) is 9.78 Å². The van der Waals surface area contributed by atoms with E-state index in [2.05, 4.69) is 21.4 Å². The molecule has 0 saturated heterocycles. The van der Waals surface area contributed by atoms with Crippen LogP contribution in [0, 0.1) is 10.1 Å². The third kappa shape index (κ3) is 5.92. The van der Waals surface area contributed by atoms with Crippen molar-refractivity contribution in [2.75, 3.05) is 6.61 Å². The standard InChI is InChI=1S/C30H27N5O4S/c1-20-27(23-7-4-12-31-17-23)29(22-6-3-8-24(16-22)35(37)38)28(21(2)33-20)30(36)39-15-5-9-25-10-11-26(40-25)18-34-14-13-32-19-34/h3-14,16-17,19,29,33H,15,18H2,1-2H3/b9-5+. The number of benzene rings is 1. The number of aromatic nitrogens is 3. The number of nitro groups is 1. The smallest absolute Gasteiger partial charge is 0.337 e. The van der Waals surface area contributed by atoms with E-state index in [9.17, 15) is 14.9 Å². The molecule has 0 saturated carbocycles. The predicted molar refractivity (Wildman–Crippen MR) is 154 cm³/mol. The molecule has 10 heteroatoms. The van der Waals surface area contributed by atoms with Crippen molar-refractivity contribution in [3.8, 4) is 0 Å². The van der Waals surface area contributed by atoms with E-state index in [0.29, 0.717) is 16.8 Å². The van der Waals surface area contributed by atoms with Crippen LogP contribution in [0.25, 0.3) is 11.6 Å². The van der Waals surface area contributed by atoms with E-state index in [4.69, 9.17) is 4.74 Å². The van der Waals surface area contributed by atoms with E-state index in [1.807, 2.05) is 55.0 Å². The Morgan fingerprint density at radius 1 is 1.15 bits per heavy atom. The van der Waals surface area contributed by atoms with Gasteiger partial charge < -0.3 is 14.6 Å². The van der Waals surface area contributed by atoms with Crippen molar-refractivity contribution < 1.29 is 14.5 Å². The summed E-state index contributed by atoms with van der Waals surface area (Å²) in [6.45, 7) is 4.56. The highest BCUT2D eigenvalue weighted by Crippen LogP contribution is 2.44. The Bertz CT molecular complexity index is 1620. The van der Waals surface area contributed by atoms with Crippen LogP contribution in [0.15, 0.2) is 103 Å². The summed E-state index contributed by atoms with van der Waals surface area (Å²) in [7, 11) is 0. The normalized spacial score (nSPS) is 15.4. The summed E-state index contributed by atoms with van der Waals surface area (Å²) in [4.78, 5) is 35.2. The number of ether oxygens (including phenoxy) is 1. The lowest BCUT2D eigenvalue weighted by Crippen LogP contribution is -2.28. The molecule has 0 aliphatic carbocycles. The summed E-state index contributed by atoms with van der Waals surface area (Å²) in [5, 5.41) is 14.9. The molecule has 0 amide bonds. The maximum absolute atomic E-state index is 13.6. The minimum Gasteiger partial charge on any atom is -0.458 e. The third-order valence-electron chi connectivity index (χ3n) is 6.54. The molecule has 202 valence electrons. The van der Waals surface area contributed by atoms with Crippen molar-refractivity contribution in [2.45, 2.75) is 26.3 Å². The molecule has 0 radical (unpaired) electrons. The molecule has 4 heterocycles. The number of allylic oxidation sites excluding steroid dienone is 3. The molecule has 0 bridgehead atoms. The number of esters is 1. The first-order valence-electron chi connectivity index (χ1n) is 12.6. The van der Waals surface area contributed by atoms with Crippen LogP contribution in [-0.4, -0.2) is 32.0 Å². The van der Waals surface area contributed by atoms with Gasteiger partial charge >= 0.3 is 5.97 Å². The summed E-state index contributed by atoms with van der Waals surface area (Å²) < 4.78 is 7.71. The Morgan fingerprint density at radius 3 is 2.77 bits per heavy atom. The van der Waals surface area contributed by atoms with Crippen LogP contribution in [0.4, 0.5) is 5.69 Å². The number of thiophene rings is 1. The van der Waals surface area contributed by atoms with Crippen molar-refractivity contribution in [3.05, 3.63) is 134 Å². The van der Waals surface area contributed by atoms with Crippen LogP contribution < -0.4 is 5.32 Å². The number of nitrogens with zero attached hydrogens (tertiary/aromatic N) is 4. The summed E-state index contributed by atoms with van der Waals surface area (Å²) in [5.74, 6) is -1.07. The Labute approximate surface area is 235 Å². The average molecular weight is 554 g/mol. The number of pyridine rings is 1. The van der Waals surface area contributed by atoms with Crippen LogP contribution in [-0.2, 0) is 16.1 Å². The number of nitrogens with one attached hydrogen (secondary N) is 1. The Balaban J connectivity index is 1.38. The maximum atomic E-state index is 13.6. The SMILES string of the molecule is CC1=C(C(=O)OC/C=C/c2ccc(Cn3ccnc3)s2)C(c2cccc([N+](=O)[O-])c2)C(c2cccnc2)=C(C)N1. The first-order valence-corrected chi connectivity index (χ1v) is 13.4. The molecule has 4 aromatic rings. The first kappa shape index (κ1) is 26.8. The highest BCUT2D eigenvalue weighted by Gasteiger charge is 2.35. The molecule has 1 aliphatic heterocycles. The quantitative estimate of drug-likeness (QED) is 0.155. The molecule has 5 rings (SSSR count). The maximum Gasteiger partial charge on any atom is 0.337 e. The monoisotopic (exact) mass is 553 g/mol. The Kier molecular flexibility index (Phi) is 7.97. The van der Waals surface area contributed by atoms with Gasteiger partial charge in [-0.2, -0.15) is 0 Å². The number of imidazole rings is 1. The Hall–Kier alpha value is -4.83. The summed E-state index contributed by atoms with van der Waals surface area (Å²) >= 11 is 1.66. The van der Waals surface area contributed by atoms with Gasteiger partial charge in [-0.05, 0) is 60.9 Å². The molecule has 0 fully saturated rings. The zero-order chi connectivity index (χ0) is 28.1. The van der Waals surface area contributed by atoms with E-state index in [0.717, 1.165) is 28.3 Å². The van der Waals surface area contributed by atoms with Crippen LogP contribution >= 0.6 is 11.3 Å². The third-order valence-corrected chi connectivity index (χ3v) is 7.58. The lowest BCUT2D eigenvalue weighted by atomic mass is 9.78. The van der Waals surface area contributed by atoms with Gasteiger partial charge in [0.25, 0.3) is 5.69 Å². The number of carbonyl (C=O) groups is 1. The highest BCUT2D eigenvalue weighted by atomic mass is 32.1. The van der Waals surface area contributed by atoms with Crippen molar-refractivity contribution >= 4 is 34.6 Å². The fourth-order valence-corrected chi connectivity index (χ4v) is 5.77. The van der Waals surface area contributed by atoms with Gasteiger partial charge in [0.1, 0.15) is 6.61 Å². The lowest BCUT2D eigenvalue weighted by molar-refractivity contribution is -0.384. The molecule has 3 aromatic heterocycles. The fraction of sp³-hybridized carbons (Fsp3) is 0.167. The van der Waals surface area contributed by atoms with Crippen molar-refractivity contribution in [1.29, 1.82) is 0 Å². The molecule has 1 unspecified atom stereocenters. The number of hydrogen-bond donors (Lipinski definition) is 1. The number of dihydropyridines is 1. The average Bonchev–Trinajstić information content (AvgIpc) is 3.63. The molecule has 1 atom stereocenters. The number of non-ortho nitro benzene ring substituents is 1. The van der Waals surface area contributed by atoms with Crippen LogP contribution in [0.3, 0.4) is 0 Å². The van der Waals surface area contributed by atoms with Crippen LogP contribution in [0.2, 0.25) is 0 Å². The van der Waals surface area contributed by atoms with Gasteiger partial charge in [0.05, 0.1) is 23.4 Å². The number of nitro benzene ring substituents is 1.